The Bertz CT molecular complexity index is 783. The van der Waals surface area contributed by atoms with Gasteiger partial charge in [0.2, 0.25) is 0 Å². The standard InChI is InChI=1S/C20H16N2O/c23-19-14-8-7-13-18(19)15-21-22-20(16-9-3-1-4-10-16)17-11-5-2-6-12-17/h1-15,23H. The zero-order chi connectivity index (χ0) is 15.9. The Kier molecular flexibility index (Phi) is 4.60. The van der Waals surface area contributed by atoms with Crippen LogP contribution in [-0.2, 0) is 0 Å². The van der Waals surface area contributed by atoms with Crippen LogP contribution in [0.4, 0.5) is 0 Å². The normalized spacial score (nSPS) is 10.6. The second-order valence-electron chi connectivity index (χ2n) is 4.98. The molecule has 0 amide bonds. The van der Waals surface area contributed by atoms with Gasteiger partial charge in [-0.05, 0) is 12.1 Å². The molecule has 3 aromatic rings. The van der Waals surface area contributed by atoms with E-state index >= 15 is 0 Å². The third-order valence-corrected chi connectivity index (χ3v) is 3.39. The quantitative estimate of drug-likeness (QED) is 0.568. The molecule has 0 unspecified atom stereocenters. The van der Waals surface area contributed by atoms with Crippen molar-refractivity contribution in [2.75, 3.05) is 0 Å². The van der Waals surface area contributed by atoms with Crippen molar-refractivity contribution in [1.29, 1.82) is 0 Å². The molecule has 0 aromatic heterocycles. The lowest BCUT2D eigenvalue weighted by atomic mass is 10.0. The first-order chi connectivity index (χ1) is 11.3. The molecular weight excluding hydrogens is 284 g/mol. The first kappa shape index (κ1) is 14.7. The van der Waals surface area contributed by atoms with Crippen LogP contribution in [0.25, 0.3) is 0 Å². The number of para-hydroxylation sites is 1. The Hall–Kier alpha value is -3.20. The molecule has 0 aliphatic carbocycles. The molecule has 3 heteroatoms. The van der Waals surface area contributed by atoms with E-state index in [1.54, 1.807) is 24.4 Å². The van der Waals surface area contributed by atoms with Crippen LogP contribution in [0.3, 0.4) is 0 Å². The van der Waals surface area contributed by atoms with Gasteiger partial charge in [0.25, 0.3) is 0 Å². The second kappa shape index (κ2) is 7.18. The number of phenols is 1. The summed E-state index contributed by atoms with van der Waals surface area (Å²) in [6, 6.07) is 26.9. The third kappa shape index (κ3) is 3.71. The fourth-order valence-corrected chi connectivity index (χ4v) is 2.22. The topological polar surface area (TPSA) is 45.0 Å². The van der Waals surface area contributed by atoms with Crippen LogP contribution in [0.5, 0.6) is 5.75 Å². The maximum atomic E-state index is 9.77. The van der Waals surface area contributed by atoms with E-state index < -0.39 is 0 Å². The maximum Gasteiger partial charge on any atom is 0.124 e. The minimum Gasteiger partial charge on any atom is -0.507 e. The predicted octanol–water partition coefficient (Wildman–Crippen LogP) is 4.26. The molecule has 0 saturated carbocycles. The highest BCUT2D eigenvalue weighted by Gasteiger charge is 2.05. The molecule has 1 N–H and O–H groups in total. The molecule has 112 valence electrons. The van der Waals surface area contributed by atoms with Crippen LogP contribution in [-0.4, -0.2) is 17.0 Å². The molecule has 3 aromatic carbocycles. The predicted molar refractivity (Wildman–Crippen MR) is 94.2 cm³/mol. The number of hydrogen-bond acceptors (Lipinski definition) is 3. The molecule has 0 spiro atoms. The highest BCUT2D eigenvalue weighted by molar-refractivity contribution is 6.12. The largest absolute Gasteiger partial charge is 0.507 e. The van der Waals surface area contributed by atoms with E-state index in [0.29, 0.717) is 5.56 Å². The van der Waals surface area contributed by atoms with Gasteiger partial charge in [-0.15, -0.1) is 5.10 Å². The zero-order valence-electron chi connectivity index (χ0n) is 12.5. The molecule has 0 saturated heterocycles. The van der Waals surface area contributed by atoms with Crippen molar-refractivity contribution in [3.05, 3.63) is 102 Å². The minimum absolute atomic E-state index is 0.187. The van der Waals surface area contributed by atoms with E-state index in [-0.39, 0.29) is 5.75 Å². The average molecular weight is 300 g/mol. The fourth-order valence-electron chi connectivity index (χ4n) is 2.22. The van der Waals surface area contributed by atoms with E-state index in [9.17, 15) is 5.11 Å². The Morgan fingerprint density at radius 3 is 1.78 bits per heavy atom. The van der Waals surface area contributed by atoms with E-state index in [0.717, 1.165) is 16.8 Å². The number of rotatable bonds is 4. The monoisotopic (exact) mass is 300 g/mol. The van der Waals surface area contributed by atoms with Crippen LogP contribution in [0.15, 0.2) is 95.1 Å². The first-order valence-corrected chi connectivity index (χ1v) is 7.34. The number of nitrogens with zero attached hydrogens (tertiary/aromatic N) is 2. The summed E-state index contributed by atoms with van der Waals surface area (Å²) in [6.07, 6.45) is 1.56. The molecular formula is C20H16N2O. The van der Waals surface area contributed by atoms with Crippen LogP contribution in [0.1, 0.15) is 16.7 Å². The molecule has 23 heavy (non-hydrogen) atoms. The van der Waals surface area contributed by atoms with Crippen LogP contribution in [0, 0.1) is 0 Å². The van der Waals surface area contributed by atoms with Crippen LogP contribution < -0.4 is 0 Å². The summed E-state index contributed by atoms with van der Waals surface area (Å²) in [5.41, 5.74) is 3.41. The van der Waals surface area contributed by atoms with E-state index in [1.165, 1.54) is 0 Å². The summed E-state index contributed by atoms with van der Waals surface area (Å²) < 4.78 is 0. The Balaban J connectivity index is 1.97. The van der Waals surface area contributed by atoms with Gasteiger partial charge in [0.1, 0.15) is 11.5 Å². The smallest absolute Gasteiger partial charge is 0.124 e. The number of aromatic hydroxyl groups is 1. The summed E-state index contributed by atoms with van der Waals surface area (Å²) in [5.74, 6) is 0.187. The molecule has 0 aliphatic heterocycles. The molecule has 3 nitrogen and oxygen atoms in total. The lowest BCUT2D eigenvalue weighted by molar-refractivity contribution is 0.474. The SMILES string of the molecule is Oc1ccccc1C=NN=C(c1ccccc1)c1ccccc1. The molecule has 0 radical (unpaired) electrons. The molecule has 0 fully saturated rings. The first-order valence-electron chi connectivity index (χ1n) is 7.34. The zero-order valence-corrected chi connectivity index (χ0v) is 12.5. The van der Waals surface area contributed by atoms with Crippen LogP contribution in [0.2, 0.25) is 0 Å². The van der Waals surface area contributed by atoms with Crippen molar-refractivity contribution in [2.24, 2.45) is 10.2 Å². The van der Waals surface area contributed by atoms with E-state index in [2.05, 4.69) is 10.2 Å². The summed E-state index contributed by atoms with van der Waals surface area (Å²) >= 11 is 0. The molecule has 0 atom stereocenters. The second-order valence-corrected chi connectivity index (χ2v) is 4.98. The van der Waals surface area contributed by atoms with Gasteiger partial charge < -0.3 is 5.11 Å². The van der Waals surface area contributed by atoms with Crippen LogP contribution >= 0.6 is 0 Å². The summed E-state index contributed by atoms with van der Waals surface area (Å²) in [5, 5.41) is 18.3. The summed E-state index contributed by atoms with van der Waals surface area (Å²) in [4.78, 5) is 0. The Morgan fingerprint density at radius 2 is 1.22 bits per heavy atom. The Morgan fingerprint density at radius 1 is 0.696 bits per heavy atom. The molecule has 3 rings (SSSR count). The number of benzene rings is 3. The fraction of sp³-hybridized carbons (Fsp3) is 0. The van der Waals surface area contributed by atoms with Crippen molar-refractivity contribution < 1.29 is 5.11 Å². The van der Waals surface area contributed by atoms with Gasteiger partial charge in [0.15, 0.2) is 0 Å². The van der Waals surface area contributed by atoms with Gasteiger partial charge in [-0.25, -0.2) is 0 Å². The maximum absolute atomic E-state index is 9.77. The summed E-state index contributed by atoms with van der Waals surface area (Å²) in [7, 11) is 0. The van der Waals surface area contributed by atoms with Crippen molar-refractivity contribution in [2.45, 2.75) is 0 Å². The average Bonchev–Trinajstić information content (AvgIpc) is 2.62. The molecule has 0 aliphatic rings. The third-order valence-electron chi connectivity index (χ3n) is 3.39. The van der Waals surface area contributed by atoms with Gasteiger partial charge in [-0.2, -0.15) is 5.10 Å². The minimum atomic E-state index is 0.187. The highest BCUT2D eigenvalue weighted by atomic mass is 16.3. The van der Waals surface area contributed by atoms with Crippen molar-refractivity contribution in [3.8, 4) is 5.75 Å². The van der Waals surface area contributed by atoms with Gasteiger partial charge in [-0.1, -0.05) is 72.8 Å². The Labute approximate surface area is 135 Å². The lowest BCUT2D eigenvalue weighted by Crippen LogP contribution is -2.02. The molecule has 0 heterocycles. The van der Waals surface area contributed by atoms with E-state index in [4.69, 9.17) is 0 Å². The van der Waals surface area contributed by atoms with Crippen molar-refractivity contribution in [1.82, 2.24) is 0 Å². The number of phenolic OH excluding ortho intramolecular Hbond substituents is 1. The van der Waals surface area contributed by atoms with Crippen molar-refractivity contribution >= 4 is 11.9 Å². The van der Waals surface area contributed by atoms with Gasteiger partial charge >= 0.3 is 0 Å². The van der Waals surface area contributed by atoms with Gasteiger partial charge in [0, 0.05) is 16.7 Å². The van der Waals surface area contributed by atoms with Gasteiger partial charge in [-0.3, -0.25) is 0 Å². The van der Waals surface area contributed by atoms with Crippen molar-refractivity contribution in [3.63, 3.8) is 0 Å². The van der Waals surface area contributed by atoms with Gasteiger partial charge in [0.05, 0.1) is 6.21 Å². The van der Waals surface area contributed by atoms with E-state index in [1.807, 2.05) is 66.7 Å². The lowest BCUT2D eigenvalue weighted by Gasteiger charge is -2.05. The number of hydrogen-bond donors (Lipinski definition) is 1. The highest BCUT2D eigenvalue weighted by Crippen LogP contribution is 2.14. The molecule has 0 bridgehead atoms. The summed E-state index contributed by atoms with van der Waals surface area (Å²) in [6.45, 7) is 0.